The molecule has 0 N–H and O–H groups in total. The standard InChI is InChI=1S/C20H20O5/c21-12-11-18(20(23)25-15-17-9-5-2-6-10-17)13-19(22)24-14-16-7-3-1-4-8-16/h1-10,12,18H,11,13-15H2. The highest BCUT2D eigenvalue weighted by molar-refractivity contribution is 5.81. The fourth-order valence-corrected chi connectivity index (χ4v) is 2.22. The monoisotopic (exact) mass is 340 g/mol. The highest BCUT2D eigenvalue weighted by Gasteiger charge is 2.24. The molecule has 0 saturated heterocycles. The number of carbonyl (C=O) groups excluding carboxylic acids is 3. The molecule has 0 aromatic heterocycles. The molecule has 25 heavy (non-hydrogen) atoms. The number of benzene rings is 2. The van der Waals surface area contributed by atoms with Crippen LogP contribution in [0.2, 0.25) is 0 Å². The molecule has 1 atom stereocenters. The Hall–Kier alpha value is -2.95. The van der Waals surface area contributed by atoms with Crippen molar-refractivity contribution in [1.82, 2.24) is 0 Å². The predicted molar refractivity (Wildman–Crippen MR) is 91.3 cm³/mol. The molecule has 0 amide bonds. The Morgan fingerprint density at radius 2 is 1.36 bits per heavy atom. The normalized spacial score (nSPS) is 11.4. The van der Waals surface area contributed by atoms with Gasteiger partial charge in [-0.25, -0.2) is 0 Å². The van der Waals surface area contributed by atoms with E-state index in [1.54, 1.807) is 0 Å². The number of hydrogen-bond acceptors (Lipinski definition) is 5. The minimum atomic E-state index is -0.829. The van der Waals surface area contributed by atoms with E-state index in [0.717, 1.165) is 11.1 Å². The number of rotatable bonds is 9. The second kappa shape index (κ2) is 10.0. The summed E-state index contributed by atoms with van der Waals surface area (Å²) in [5.74, 6) is -1.94. The van der Waals surface area contributed by atoms with Gasteiger partial charge in [0.05, 0.1) is 12.3 Å². The fraction of sp³-hybridized carbons (Fsp3) is 0.250. The molecule has 0 heterocycles. The summed E-state index contributed by atoms with van der Waals surface area (Å²) in [5.41, 5.74) is 1.70. The lowest BCUT2D eigenvalue weighted by Crippen LogP contribution is -2.22. The van der Waals surface area contributed by atoms with E-state index in [1.165, 1.54) is 0 Å². The van der Waals surface area contributed by atoms with E-state index >= 15 is 0 Å². The van der Waals surface area contributed by atoms with Crippen LogP contribution in [0.4, 0.5) is 0 Å². The summed E-state index contributed by atoms with van der Waals surface area (Å²) in [4.78, 5) is 34.9. The Morgan fingerprint density at radius 1 is 0.840 bits per heavy atom. The van der Waals surface area contributed by atoms with Crippen molar-refractivity contribution in [3.05, 3.63) is 71.8 Å². The van der Waals surface area contributed by atoms with Gasteiger partial charge in [-0.05, 0) is 11.1 Å². The predicted octanol–water partition coefficient (Wildman–Crippen LogP) is 3.07. The number of hydrogen-bond donors (Lipinski definition) is 0. The molecule has 5 nitrogen and oxygen atoms in total. The molecular formula is C20H20O5. The Labute approximate surface area is 146 Å². The van der Waals surface area contributed by atoms with Gasteiger partial charge in [-0.15, -0.1) is 0 Å². The lowest BCUT2D eigenvalue weighted by molar-refractivity contribution is -0.157. The molecule has 5 heteroatoms. The minimum Gasteiger partial charge on any atom is -0.461 e. The molecule has 0 spiro atoms. The van der Waals surface area contributed by atoms with Crippen LogP contribution in [0.3, 0.4) is 0 Å². The second-order valence-electron chi connectivity index (χ2n) is 5.54. The van der Waals surface area contributed by atoms with Gasteiger partial charge in [0.1, 0.15) is 19.5 Å². The highest BCUT2D eigenvalue weighted by atomic mass is 16.5. The summed E-state index contributed by atoms with van der Waals surface area (Å²) in [6.07, 6.45) is 0.353. The average molecular weight is 340 g/mol. The maximum absolute atomic E-state index is 12.1. The van der Waals surface area contributed by atoms with Gasteiger partial charge in [-0.2, -0.15) is 0 Å². The van der Waals surface area contributed by atoms with Crippen molar-refractivity contribution in [3.8, 4) is 0 Å². The van der Waals surface area contributed by atoms with E-state index in [0.29, 0.717) is 6.29 Å². The summed E-state index contributed by atoms with van der Waals surface area (Å²) >= 11 is 0. The van der Waals surface area contributed by atoms with Crippen LogP contribution in [0.5, 0.6) is 0 Å². The van der Waals surface area contributed by atoms with Crippen LogP contribution in [-0.4, -0.2) is 18.2 Å². The molecule has 0 aliphatic heterocycles. The Balaban J connectivity index is 1.82. The molecule has 0 bridgehead atoms. The third kappa shape index (κ3) is 6.59. The largest absolute Gasteiger partial charge is 0.461 e. The van der Waals surface area contributed by atoms with Crippen molar-refractivity contribution in [3.63, 3.8) is 0 Å². The zero-order valence-corrected chi connectivity index (χ0v) is 13.8. The molecule has 130 valence electrons. The number of aldehydes is 1. The van der Waals surface area contributed by atoms with Crippen LogP contribution in [0.25, 0.3) is 0 Å². The Bertz CT molecular complexity index is 682. The van der Waals surface area contributed by atoms with Crippen molar-refractivity contribution in [2.24, 2.45) is 5.92 Å². The molecule has 0 aliphatic carbocycles. The number of ether oxygens (including phenoxy) is 2. The molecule has 1 unspecified atom stereocenters. The maximum Gasteiger partial charge on any atom is 0.310 e. The van der Waals surface area contributed by atoms with E-state index in [4.69, 9.17) is 9.47 Å². The Kier molecular flexibility index (Phi) is 7.38. The molecule has 2 aromatic carbocycles. The van der Waals surface area contributed by atoms with Gasteiger partial charge in [-0.3, -0.25) is 9.59 Å². The van der Waals surface area contributed by atoms with Gasteiger partial charge in [0.15, 0.2) is 0 Å². The molecular weight excluding hydrogens is 320 g/mol. The van der Waals surface area contributed by atoms with Crippen LogP contribution in [0.15, 0.2) is 60.7 Å². The SMILES string of the molecule is O=CCC(CC(=O)OCc1ccccc1)C(=O)OCc1ccccc1. The first-order valence-corrected chi connectivity index (χ1v) is 8.02. The van der Waals surface area contributed by atoms with E-state index in [1.807, 2.05) is 60.7 Å². The topological polar surface area (TPSA) is 69.7 Å². The quantitative estimate of drug-likeness (QED) is 0.518. The van der Waals surface area contributed by atoms with Crippen LogP contribution >= 0.6 is 0 Å². The summed E-state index contributed by atoms with van der Waals surface area (Å²) in [5, 5.41) is 0. The fourth-order valence-electron chi connectivity index (χ4n) is 2.22. The zero-order chi connectivity index (χ0) is 17.9. The maximum atomic E-state index is 12.1. The third-order valence-electron chi connectivity index (χ3n) is 3.59. The first-order chi connectivity index (χ1) is 12.2. The van der Waals surface area contributed by atoms with Crippen LogP contribution in [-0.2, 0) is 37.1 Å². The van der Waals surface area contributed by atoms with E-state index in [9.17, 15) is 14.4 Å². The summed E-state index contributed by atoms with van der Waals surface area (Å²) in [6.45, 7) is 0.237. The average Bonchev–Trinajstić information content (AvgIpc) is 2.66. The third-order valence-corrected chi connectivity index (χ3v) is 3.59. The Morgan fingerprint density at radius 3 is 1.88 bits per heavy atom. The number of esters is 2. The van der Waals surface area contributed by atoms with E-state index < -0.39 is 17.9 Å². The van der Waals surface area contributed by atoms with Crippen molar-refractivity contribution in [2.75, 3.05) is 0 Å². The van der Waals surface area contributed by atoms with Crippen molar-refractivity contribution >= 4 is 18.2 Å². The lowest BCUT2D eigenvalue weighted by atomic mass is 10.0. The van der Waals surface area contributed by atoms with Gasteiger partial charge in [0, 0.05) is 6.42 Å². The summed E-state index contributed by atoms with van der Waals surface area (Å²) < 4.78 is 10.4. The molecule has 0 fully saturated rings. The van der Waals surface area contributed by atoms with Gasteiger partial charge in [0.25, 0.3) is 0 Å². The highest BCUT2D eigenvalue weighted by Crippen LogP contribution is 2.14. The van der Waals surface area contributed by atoms with Gasteiger partial charge in [-0.1, -0.05) is 60.7 Å². The second-order valence-corrected chi connectivity index (χ2v) is 5.54. The zero-order valence-electron chi connectivity index (χ0n) is 13.8. The lowest BCUT2D eigenvalue weighted by Gasteiger charge is -2.13. The van der Waals surface area contributed by atoms with Gasteiger partial charge < -0.3 is 14.3 Å². The van der Waals surface area contributed by atoms with Crippen molar-refractivity contribution < 1.29 is 23.9 Å². The van der Waals surface area contributed by atoms with Crippen LogP contribution in [0.1, 0.15) is 24.0 Å². The molecule has 0 radical (unpaired) electrons. The first kappa shape index (κ1) is 18.4. The molecule has 2 aromatic rings. The molecule has 0 saturated carbocycles. The van der Waals surface area contributed by atoms with Crippen LogP contribution in [0, 0.1) is 5.92 Å². The van der Waals surface area contributed by atoms with E-state index in [2.05, 4.69) is 0 Å². The molecule has 2 rings (SSSR count). The van der Waals surface area contributed by atoms with Crippen molar-refractivity contribution in [2.45, 2.75) is 26.1 Å². The van der Waals surface area contributed by atoms with Gasteiger partial charge in [0.2, 0.25) is 0 Å². The van der Waals surface area contributed by atoms with Crippen LogP contribution < -0.4 is 0 Å². The van der Waals surface area contributed by atoms with E-state index in [-0.39, 0.29) is 26.1 Å². The summed E-state index contributed by atoms with van der Waals surface area (Å²) in [7, 11) is 0. The van der Waals surface area contributed by atoms with Crippen molar-refractivity contribution in [1.29, 1.82) is 0 Å². The summed E-state index contributed by atoms with van der Waals surface area (Å²) in [6, 6.07) is 18.4. The number of carbonyl (C=O) groups is 3. The molecule has 0 aliphatic rings. The smallest absolute Gasteiger partial charge is 0.310 e. The first-order valence-electron chi connectivity index (χ1n) is 8.02. The van der Waals surface area contributed by atoms with Gasteiger partial charge >= 0.3 is 11.9 Å². The minimum absolute atomic E-state index is 0.0753.